The molecule has 0 aliphatic heterocycles. The molecule has 2 aromatic heterocycles. The molecule has 0 saturated heterocycles. The van der Waals surface area contributed by atoms with Gasteiger partial charge < -0.3 is 14.7 Å². The Morgan fingerprint density at radius 2 is 2.37 bits per heavy atom. The largest absolute Gasteiger partial charge is 0.424 e. The van der Waals surface area contributed by atoms with Crippen LogP contribution in [0.5, 0.6) is 0 Å². The van der Waals surface area contributed by atoms with Gasteiger partial charge in [0.05, 0.1) is 23.5 Å². The van der Waals surface area contributed by atoms with E-state index in [2.05, 4.69) is 20.3 Å². The molecule has 1 aromatic carbocycles. The Labute approximate surface area is 106 Å². The number of anilines is 1. The summed E-state index contributed by atoms with van der Waals surface area (Å²) in [6.45, 7) is 0.481. The third-order valence-corrected chi connectivity index (χ3v) is 2.57. The van der Waals surface area contributed by atoms with Gasteiger partial charge >= 0.3 is 0 Å². The van der Waals surface area contributed by atoms with E-state index in [1.807, 2.05) is 0 Å². The first-order valence-corrected chi connectivity index (χ1v) is 5.48. The third kappa shape index (κ3) is 2.23. The standard InChI is InChI=1S/C11H9N5O3/c17-16(18)8-1-2-10-9(3-8)15-11(19-10)13-5-7-4-12-6-14-7/h1-4,6H,5H2,(H,12,14)(H,13,15). The average molecular weight is 259 g/mol. The number of rotatable bonds is 4. The average Bonchev–Trinajstić information content (AvgIpc) is 3.04. The molecule has 2 N–H and O–H groups in total. The maximum absolute atomic E-state index is 10.7. The van der Waals surface area contributed by atoms with Gasteiger partial charge in [-0.05, 0) is 6.07 Å². The van der Waals surface area contributed by atoms with Gasteiger partial charge in [0, 0.05) is 18.3 Å². The number of oxazole rings is 1. The van der Waals surface area contributed by atoms with Gasteiger partial charge in [0.15, 0.2) is 5.58 Å². The van der Waals surface area contributed by atoms with E-state index in [9.17, 15) is 10.1 Å². The van der Waals surface area contributed by atoms with Crippen molar-refractivity contribution in [1.29, 1.82) is 0 Å². The Balaban J connectivity index is 1.83. The molecule has 8 heteroatoms. The van der Waals surface area contributed by atoms with Gasteiger partial charge in [-0.2, -0.15) is 4.98 Å². The maximum atomic E-state index is 10.7. The lowest BCUT2D eigenvalue weighted by molar-refractivity contribution is -0.384. The van der Waals surface area contributed by atoms with Gasteiger partial charge in [-0.1, -0.05) is 0 Å². The third-order valence-electron chi connectivity index (χ3n) is 2.57. The van der Waals surface area contributed by atoms with Crippen LogP contribution < -0.4 is 5.32 Å². The first-order valence-electron chi connectivity index (χ1n) is 5.48. The molecule has 0 fully saturated rings. The molecule has 0 atom stereocenters. The predicted molar refractivity (Wildman–Crippen MR) is 66.6 cm³/mol. The van der Waals surface area contributed by atoms with E-state index < -0.39 is 4.92 Å². The minimum atomic E-state index is -0.466. The van der Waals surface area contributed by atoms with Crippen LogP contribution >= 0.6 is 0 Å². The Morgan fingerprint density at radius 3 is 3.11 bits per heavy atom. The topological polar surface area (TPSA) is 110 Å². The SMILES string of the molecule is O=[N+]([O-])c1ccc2oc(NCc3cnc[nH]3)nc2c1. The number of hydrogen-bond acceptors (Lipinski definition) is 6. The van der Waals surface area contributed by atoms with E-state index >= 15 is 0 Å². The molecule has 0 bridgehead atoms. The first kappa shape index (κ1) is 11.2. The van der Waals surface area contributed by atoms with Crippen LogP contribution in [-0.4, -0.2) is 19.9 Å². The maximum Gasteiger partial charge on any atom is 0.296 e. The van der Waals surface area contributed by atoms with Crippen LogP contribution in [0.15, 0.2) is 35.1 Å². The fourth-order valence-electron chi connectivity index (χ4n) is 1.66. The lowest BCUT2D eigenvalue weighted by Gasteiger charge is -1.96. The molecule has 0 radical (unpaired) electrons. The number of nitro groups is 1. The van der Waals surface area contributed by atoms with E-state index in [1.54, 1.807) is 12.5 Å². The molecule has 19 heavy (non-hydrogen) atoms. The fourth-order valence-corrected chi connectivity index (χ4v) is 1.66. The van der Waals surface area contributed by atoms with Crippen molar-refractivity contribution in [1.82, 2.24) is 15.0 Å². The van der Waals surface area contributed by atoms with Crippen molar-refractivity contribution in [3.05, 3.63) is 46.5 Å². The van der Waals surface area contributed by atoms with E-state index in [4.69, 9.17) is 4.42 Å². The van der Waals surface area contributed by atoms with Crippen LogP contribution in [-0.2, 0) is 6.54 Å². The first-order chi connectivity index (χ1) is 9.22. The summed E-state index contributed by atoms with van der Waals surface area (Å²) < 4.78 is 5.42. The molecule has 0 amide bonds. The van der Waals surface area contributed by atoms with Gasteiger partial charge in [0.2, 0.25) is 0 Å². The molecule has 0 spiro atoms. The van der Waals surface area contributed by atoms with Crippen molar-refractivity contribution < 1.29 is 9.34 Å². The van der Waals surface area contributed by atoms with Crippen molar-refractivity contribution >= 4 is 22.8 Å². The van der Waals surface area contributed by atoms with Crippen molar-refractivity contribution in [3.63, 3.8) is 0 Å². The number of nitrogens with zero attached hydrogens (tertiary/aromatic N) is 3. The molecule has 0 aliphatic carbocycles. The zero-order chi connectivity index (χ0) is 13.2. The van der Waals surface area contributed by atoms with Crippen molar-refractivity contribution in [2.75, 3.05) is 5.32 Å². The van der Waals surface area contributed by atoms with E-state index in [-0.39, 0.29) is 5.69 Å². The fraction of sp³-hybridized carbons (Fsp3) is 0.0909. The second kappa shape index (κ2) is 4.41. The number of nitrogens with one attached hydrogen (secondary N) is 2. The molecular weight excluding hydrogens is 250 g/mol. The normalized spacial score (nSPS) is 10.7. The highest BCUT2D eigenvalue weighted by atomic mass is 16.6. The number of hydrogen-bond donors (Lipinski definition) is 2. The van der Waals surface area contributed by atoms with E-state index in [0.717, 1.165) is 5.69 Å². The van der Waals surface area contributed by atoms with Crippen molar-refractivity contribution in [3.8, 4) is 0 Å². The van der Waals surface area contributed by atoms with Crippen LogP contribution in [0.1, 0.15) is 5.69 Å². The number of benzene rings is 1. The number of aromatic nitrogens is 3. The number of fused-ring (bicyclic) bond motifs is 1. The quantitative estimate of drug-likeness (QED) is 0.548. The highest BCUT2D eigenvalue weighted by Crippen LogP contribution is 2.23. The molecule has 0 saturated carbocycles. The van der Waals surface area contributed by atoms with Crippen LogP contribution in [0.4, 0.5) is 11.7 Å². The number of H-pyrrole nitrogens is 1. The molecule has 3 aromatic rings. The summed E-state index contributed by atoms with van der Waals surface area (Å²) in [6.07, 6.45) is 3.26. The van der Waals surface area contributed by atoms with Crippen molar-refractivity contribution in [2.24, 2.45) is 0 Å². The number of imidazole rings is 1. The zero-order valence-corrected chi connectivity index (χ0v) is 9.66. The Kier molecular flexibility index (Phi) is 2.60. The van der Waals surface area contributed by atoms with Crippen LogP contribution in [0.2, 0.25) is 0 Å². The lowest BCUT2D eigenvalue weighted by Crippen LogP contribution is -1.99. The Morgan fingerprint density at radius 1 is 1.47 bits per heavy atom. The van der Waals surface area contributed by atoms with Gasteiger partial charge in [0.25, 0.3) is 11.7 Å². The predicted octanol–water partition coefficient (Wildman–Crippen LogP) is 2.07. The van der Waals surface area contributed by atoms with Crippen LogP contribution in [0.25, 0.3) is 11.1 Å². The zero-order valence-electron chi connectivity index (χ0n) is 9.66. The minimum absolute atomic E-state index is 0.0130. The number of aromatic amines is 1. The van der Waals surface area contributed by atoms with Gasteiger partial charge in [0.1, 0.15) is 5.52 Å². The molecule has 96 valence electrons. The van der Waals surface area contributed by atoms with Crippen LogP contribution in [0, 0.1) is 10.1 Å². The summed E-state index contributed by atoms with van der Waals surface area (Å²) in [6, 6.07) is 4.60. The molecule has 2 heterocycles. The summed E-state index contributed by atoms with van der Waals surface area (Å²) in [5.74, 6) is 0. The molecule has 3 rings (SSSR count). The molecule has 0 unspecified atom stereocenters. The summed E-state index contributed by atoms with van der Waals surface area (Å²) in [5, 5.41) is 13.6. The number of non-ortho nitro benzene ring substituents is 1. The Bertz CT molecular complexity index is 719. The van der Waals surface area contributed by atoms with Gasteiger partial charge in [-0.15, -0.1) is 0 Å². The molecule has 8 nitrogen and oxygen atoms in total. The monoisotopic (exact) mass is 259 g/mol. The summed E-state index contributed by atoms with van der Waals surface area (Å²) >= 11 is 0. The molecular formula is C11H9N5O3. The highest BCUT2D eigenvalue weighted by Gasteiger charge is 2.11. The number of nitro benzene ring substituents is 1. The van der Waals surface area contributed by atoms with E-state index in [1.165, 1.54) is 18.2 Å². The second-order valence-corrected chi connectivity index (χ2v) is 3.86. The minimum Gasteiger partial charge on any atom is -0.424 e. The summed E-state index contributed by atoms with van der Waals surface area (Å²) in [5.41, 5.74) is 1.81. The van der Waals surface area contributed by atoms with Crippen LogP contribution in [0.3, 0.4) is 0 Å². The summed E-state index contributed by atoms with van der Waals surface area (Å²) in [7, 11) is 0. The lowest BCUT2D eigenvalue weighted by atomic mass is 10.3. The smallest absolute Gasteiger partial charge is 0.296 e. The highest BCUT2D eigenvalue weighted by molar-refractivity contribution is 5.77. The second-order valence-electron chi connectivity index (χ2n) is 3.86. The van der Waals surface area contributed by atoms with Gasteiger partial charge in [-0.3, -0.25) is 10.1 Å². The Hall–Kier alpha value is -2.90. The molecule has 0 aliphatic rings. The van der Waals surface area contributed by atoms with Gasteiger partial charge in [-0.25, -0.2) is 4.98 Å². The van der Waals surface area contributed by atoms with E-state index in [0.29, 0.717) is 23.7 Å². The summed E-state index contributed by atoms with van der Waals surface area (Å²) in [4.78, 5) is 21.1. The van der Waals surface area contributed by atoms with Crippen molar-refractivity contribution in [2.45, 2.75) is 6.54 Å².